The average Bonchev–Trinajstić information content (AvgIpc) is 2.46. The summed E-state index contributed by atoms with van der Waals surface area (Å²) in [6, 6.07) is 3.65. The second-order valence-corrected chi connectivity index (χ2v) is 6.39. The van der Waals surface area contributed by atoms with Gasteiger partial charge in [0.25, 0.3) is 5.91 Å². The molecule has 1 aliphatic rings. The van der Waals surface area contributed by atoms with E-state index >= 15 is 0 Å². The molecule has 0 aromatic carbocycles. The summed E-state index contributed by atoms with van der Waals surface area (Å²) in [6.45, 7) is 7.79. The molecular formula is C16H26N4O2. The maximum absolute atomic E-state index is 12.6. The van der Waals surface area contributed by atoms with E-state index in [1.807, 2.05) is 4.90 Å². The van der Waals surface area contributed by atoms with Crippen LogP contribution in [-0.4, -0.2) is 77.9 Å². The standard InChI is InChI=1S/C16H26N4O2/c1-12-10-19(11-13(2)20(12)8-7-18(3)4)16(22)14-5-6-15(21)17-9-14/h5-6,9,12-13H,7-8,10-11H2,1-4H3,(H,17,21). The van der Waals surface area contributed by atoms with Crippen LogP contribution in [0.4, 0.5) is 0 Å². The summed E-state index contributed by atoms with van der Waals surface area (Å²) in [7, 11) is 4.15. The molecule has 1 amide bonds. The number of pyridine rings is 1. The molecule has 1 aromatic heterocycles. The van der Waals surface area contributed by atoms with Crippen LogP contribution >= 0.6 is 0 Å². The average molecular weight is 306 g/mol. The number of likely N-dealkylation sites (N-methyl/N-ethyl adjacent to an activating group) is 1. The molecule has 22 heavy (non-hydrogen) atoms. The van der Waals surface area contributed by atoms with Gasteiger partial charge in [-0.25, -0.2) is 0 Å². The van der Waals surface area contributed by atoms with E-state index in [0.717, 1.165) is 26.2 Å². The number of rotatable bonds is 4. The van der Waals surface area contributed by atoms with Crippen molar-refractivity contribution in [1.82, 2.24) is 19.7 Å². The molecule has 1 saturated heterocycles. The molecular weight excluding hydrogens is 280 g/mol. The molecule has 1 aromatic rings. The second-order valence-electron chi connectivity index (χ2n) is 6.39. The lowest BCUT2D eigenvalue weighted by molar-refractivity contribution is 0.0282. The molecule has 1 fully saturated rings. The van der Waals surface area contributed by atoms with Crippen LogP contribution in [0, 0.1) is 0 Å². The number of amides is 1. The Morgan fingerprint density at radius 3 is 2.41 bits per heavy atom. The Kier molecular flexibility index (Phi) is 5.37. The van der Waals surface area contributed by atoms with Gasteiger partial charge in [-0.3, -0.25) is 14.5 Å². The molecule has 6 heteroatoms. The van der Waals surface area contributed by atoms with Crippen LogP contribution in [0.2, 0.25) is 0 Å². The Morgan fingerprint density at radius 2 is 1.91 bits per heavy atom. The highest BCUT2D eigenvalue weighted by Crippen LogP contribution is 2.17. The quantitative estimate of drug-likeness (QED) is 0.878. The fourth-order valence-corrected chi connectivity index (χ4v) is 3.00. The van der Waals surface area contributed by atoms with E-state index < -0.39 is 0 Å². The molecule has 122 valence electrons. The van der Waals surface area contributed by atoms with Gasteiger partial charge >= 0.3 is 0 Å². The number of aromatic amines is 1. The van der Waals surface area contributed by atoms with Crippen molar-refractivity contribution in [1.29, 1.82) is 0 Å². The number of aromatic nitrogens is 1. The Morgan fingerprint density at radius 1 is 1.27 bits per heavy atom. The second kappa shape index (κ2) is 7.07. The zero-order valence-corrected chi connectivity index (χ0v) is 13.9. The first-order chi connectivity index (χ1) is 10.4. The summed E-state index contributed by atoms with van der Waals surface area (Å²) in [5.41, 5.74) is 0.354. The third kappa shape index (κ3) is 3.96. The Labute approximate surface area is 131 Å². The van der Waals surface area contributed by atoms with Crippen molar-refractivity contribution in [3.8, 4) is 0 Å². The summed E-state index contributed by atoms with van der Waals surface area (Å²) in [5, 5.41) is 0. The van der Waals surface area contributed by atoms with Crippen molar-refractivity contribution in [3.05, 3.63) is 34.2 Å². The van der Waals surface area contributed by atoms with Gasteiger partial charge in [0, 0.05) is 50.5 Å². The number of nitrogens with one attached hydrogen (secondary N) is 1. The van der Waals surface area contributed by atoms with Crippen LogP contribution in [0.25, 0.3) is 0 Å². The minimum atomic E-state index is -0.188. The first-order valence-electron chi connectivity index (χ1n) is 7.77. The van der Waals surface area contributed by atoms with Gasteiger partial charge in [0.05, 0.1) is 5.56 Å². The molecule has 6 nitrogen and oxygen atoms in total. The normalized spacial score (nSPS) is 23.0. The number of carbonyl (C=O) groups is 1. The molecule has 1 N–H and O–H groups in total. The molecule has 0 aliphatic carbocycles. The highest BCUT2D eigenvalue weighted by Gasteiger charge is 2.31. The van der Waals surface area contributed by atoms with Crippen LogP contribution in [-0.2, 0) is 0 Å². The fourth-order valence-electron chi connectivity index (χ4n) is 3.00. The summed E-state index contributed by atoms with van der Waals surface area (Å²) in [4.78, 5) is 32.7. The molecule has 2 atom stereocenters. The monoisotopic (exact) mass is 306 g/mol. The van der Waals surface area contributed by atoms with E-state index in [0.29, 0.717) is 17.6 Å². The van der Waals surface area contributed by atoms with Crippen LogP contribution < -0.4 is 5.56 Å². The highest BCUT2D eigenvalue weighted by molar-refractivity contribution is 5.94. The lowest BCUT2D eigenvalue weighted by Crippen LogP contribution is -2.59. The van der Waals surface area contributed by atoms with Gasteiger partial charge < -0.3 is 14.8 Å². The first kappa shape index (κ1) is 16.7. The SMILES string of the molecule is CC1CN(C(=O)c2ccc(=O)[nH]c2)CC(C)N1CCN(C)C. The zero-order valence-electron chi connectivity index (χ0n) is 13.9. The van der Waals surface area contributed by atoms with Gasteiger partial charge in [-0.2, -0.15) is 0 Å². The molecule has 0 saturated carbocycles. The predicted octanol–water partition coefficient (Wildman–Crippen LogP) is 0.471. The van der Waals surface area contributed by atoms with Gasteiger partial charge in [0.1, 0.15) is 0 Å². The molecule has 0 radical (unpaired) electrons. The molecule has 2 unspecified atom stereocenters. The van der Waals surface area contributed by atoms with Crippen LogP contribution in [0.5, 0.6) is 0 Å². The van der Waals surface area contributed by atoms with Crippen LogP contribution in [0.15, 0.2) is 23.1 Å². The van der Waals surface area contributed by atoms with Crippen molar-refractivity contribution in [3.63, 3.8) is 0 Å². The van der Waals surface area contributed by atoms with Crippen molar-refractivity contribution < 1.29 is 4.79 Å². The van der Waals surface area contributed by atoms with E-state index in [9.17, 15) is 9.59 Å². The number of carbonyl (C=O) groups excluding carboxylic acids is 1. The zero-order chi connectivity index (χ0) is 16.3. The minimum absolute atomic E-state index is 0.0118. The maximum Gasteiger partial charge on any atom is 0.255 e. The molecule has 1 aliphatic heterocycles. The Balaban J connectivity index is 2.02. The number of hydrogen-bond acceptors (Lipinski definition) is 4. The summed E-state index contributed by atoms with van der Waals surface area (Å²) < 4.78 is 0. The molecule has 2 rings (SSSR count). The maximum atomic E-state index is 12.6. The van der Waals surface area contributed by atoms with E-state index in [4.69, 9.17) is 0 Å². The summed E-state index contributed by atoms with van der Waals surface area (Å²) in [6.07, 6.45) is 1.50. The Hall–Kier alpha value is -1.66. The van der Waals surface area contributed by atoms with E-state index in [-0.39, 0.29) is 11.5 Å². The van der Waals surface area contributed by atoms with Crippen molar-refractivity contribution in [2.45, 2.75) is 25.9 Å². The number of hydrogen-bond donors (Lipinski definition) is 1. The van der Waals surface area contributed by atoms with E-state index in [2.05, 4.69) is 42.7 Å². The van der Waals surface area contributed by atoms with Crippen LogP contribution in [0.1, 0.15) is 24.2 Å². The molecule has 0 spiro atoms. The minimum Gasteiger partial charge on any atom is -0.335 e. The first-order valence-corrected chi connectivity index (χ1v) is 7.77. The van der Waals surface area contributed by atoms with Gasteiger partial charge in [0.2, 0.25) is 5.56 Å². The topological polar surface area (TPSA) is 59.7 Å². The molecule has 2 heterocycles. The van der Waals surface area contributed by atoms with Gasteiger partial charge in [0.15, 0.2) is 0 Å². The molecule has 0 bridgehead atoms. The largest absolute Gasteiger partial charge is 0.335 e. The Bertz CT molecular complexity index is 537. The highest BCUT2D eigenvalue weighted by atomic mass is 16.2. The van der Waals surface area contributed by atoms with Gasteiger partial charge in [-0.15, -0.1) is 0 Å². The van der Waals surface area contributed by atoms with E-state index in [1.165, 1.54) is 12.3 Å². The third-order valence-electron chi connectivity index (χ3n) is 4.23. The number of nitrogens with zero attached hydrogens (tertiary/aromatic N) is 3. The van der Waals surface area contributed by atoms with E-state index in [1.54, 1.807) is 6.07 Å². The van der Waals surface area contributed by atoms with Gasteiger partial charge in [-0.1, -0.05) is 0 Å². The van der Waals surface area contributed by atoms with Crippen LogP contribution in [0.3, 0.4) is 0 Å². The third-order valence-corrected chi connectivity index (χ3v) is 4.23. The summed E-state index contributed by atoms with van der Waals surface area (Å²) >= 11 is 0. The lowest BCUT2D eigenvalue weighted by atomic mass is 10.1. The number of piperazine rings is 1. The van der Waals surface area contributed by atoms with Crippen molar-refractivity contribution in [2.75, 3.05) is 40.3 Å². The summed E-state index contributed by atoms with van der Waals surface area (Å²) in [5.74, 6) is -0.0118. The van der Waals surface area contributed by atoms with Gasteiger partial charge in [-0.05, 0) is 34.0 Å². The lowest BCUT2D eigenvalue weighted by Gasteiger charge is -2.44. The predicted molar refractivity (Wildman–Crippen MR) is 87.2 cm³/mol. The fraction of sp³-hybridized carbons (Fsp3) is 0.625. The number of H-pyrrole nitrogens is 1. The smallest absolute Gasteiger partial charge is 0.255 e. The van der Waals surface area contributed by atoms with Crippen molar-refractivity contribution in [2.24, 2.45) is 0 Å². The van der Waals surface area contributed by atoms with Crippen molar-refractivity contribution >= 4 is 5.91 Å².